The fourth-order valence-electron chi connectivity index (χ4n) is 3.18. The van der Waals surface area contributed by atoms with Gasteiger partial charge in [-0.3, -0.25) is 9.36 Å². The number of rotatable bonds is 7. The first kappa shape index (κ1) is 23.0. The number of methoxy groups -OCH3 is 2. The van der Waals surface area contributed by atoms with E-state index in [4.69, 9.17) is 14.5 Å². The molecule has 164 valence electrons. The number of fused-ring (bicyclic) bond motifs is 1. The molecule has 0 aliphatic carbocycles. The third kappa shape index (κ3) is 5.35. The molecule has 0 spiro atoms. The van der Waals surface area contributed by atoms with Crippen molar-refractivity contribution < 1.29 is 14.3 Å². The highest BCUT2D eigenvalue weighted by Gasteiger charge is 2.16. The molecule has 2 aromatic carbocycles. The van der Waals surface area contributed by atoms with Gasteiger partial charge in [0, 0.05) is 12.9 Å². The van der Waals surface area contributed by atoms with Gasteiger partial charge in [-0.25, -0.2) is 9.78 Å². The first-order chi connectivity index (χ1) is 14.7. The van der Waals surface area contributed by atoms with Crippen LogP contribution in [0.5, 0.6) is 0 Å². The lowest BCUT2D eigenvalue weighted by Crippen LogP contribution is -2.25. The standard InChI is InChI=1S/C24H28N2O4S/c1-24(2,3)18-9-6-16(7-10-18)15-31-23-25-20-14-17(22(28)30-5)8-11-19(20)21(27)26(23)12-13-29-4/h6-11,14H,12-13,15H2,1-5H3. The van der Waals surface area contributed by atoms with E-state index in [1.54, 1.807) is 29.9 Å². The summed E-state index contributed by atoms with van der Waals surface area (Å²) in [6.45, 7) is 7.37. The average Bonchev–Trinajstić information content (AvgIpc) is 2.76. The number of thioether (sulfide) groups is 1. The minimum absolute atomic E-state index is 0.101. The van der Waals surface area contributed by atoms with Gasteiger partial charge in [-0.1, -0.05) is 56.8 Å². The predicted molar refractivity (Wildman–Crippen MR) is 124 cm³/mol. The van der Waals surface area contributed by atoms with Crippen LogP contribution in [-0.2, 0) is 27.2 Å². The second-order valence-electron chi connectivity index (χ2n) is 8.30. The molecule has 0 aliphatic heterocycles. The van der Waals surface area contributed by atoms with E-state index in [1.807, 2.05) is 0 Å². The van der Waals surface area contributed by atoms with E-state index < -0.39 is 5.97 Å². The number of esters is 1. The summed E-state index contributed by atoms with van der Waals surface area (Å²) in [6.07, 6.45) is 0. The maximum absolute atomic E-state index is 13.1. The van der Waals surface area contributed by atoms with Crippen LogP contribution >= 0.6 is 11.8 Å². The minimum atomic E-state index is -0.458. The van der Waals surface area contributed by atoms with E-state index in [1.165, 1.54) is 24.4 Å². The summed E-state index contributed by atoms with van der Waals surface area (Å²) in [7, 11) is 2.93. The fourth-order valence-corrected chi connectivity index (χ4v) is 4.17. The van der Waals surface area contributed by atoms with Crippen LogP contribution in [0.4, 0.5) is 0 Å². The molecule has 6 nitrogen and oxygen atoms in total. The summed E-state index contributed by atoms with van der Waals surface area (Å²) in [5, 5.41) is 1.05. The number of carbonyl (C=O) groups excluding carboxylic acids is 1. The second kappa shape index (κ2) is 9.66. The van der Waals surface area contributed by atoms with Crippen molar-refractivity contribution >= 4 is 28.6 Å². The maximum atomic E-state index is 13.1. The lowest BCUT2D eigenvalue weighted by Gasteiger charge is -2.19. The summed E-state index contributed by atoms with van der Waals surface area (Å²) in [6, 6.07) is 13.3. The van der Waals surface area contributed by atoms with Crippen LogP contribution in [0.1, 0.15) is 42.3 Å². The van der Waals surface area contributed by atoms with E-state index in [2.05, 4.69) is 45.0 Å². The monoisotopic (exact) mass is 440 g/mol. The van der Waals surface area contributed by atoms with Crippen molar-refractivity contribution in [2.45, 2.75) is 43.6 Å². The molecule has 0 atom stereocenters. The highest BCUT2D eigenvalue weighted by Crippen LogP contribution is 2.26. The first-order valence-corrected chi connectivity index (χ1v) is 11.1. The number of nitrogens with zero attached hydrogens (tertiary/aromatic N) is 2. The SMILES string of the molecule is COCCn1c(SCc2ccc(C(C)(C)C)cc2)nc2cc(C(=O)OC)ccc2c1=O. The molecule has 1 heterocycles. The largest absolute Gasteiger partial charge is 0.465 e. The van der Waals surface area contributed by atoms with Crippen molar-refractivity contribution in [3.8, 4) is 0 Å². The van der Waals surface area contributed by atoms with Gasteiger partial charge in [-0.05, 0) is 34.7 Å². The molecular weight excluding hydrogens is 412 g/mol. The number of hydrogen-bond acceptors (Lipinski definition) is 6. The molecule has 7 heteroatoms. The van der Waals surface area contributed by atoms with Gasteiger partial charge in [-0.15, -0.1) is 0 Å². The Balaban J connectivity index is 1.96. The Morgan fingerprint density at radius 3 is 2.42 bits per heavy atom. The molecule has 0 saturated heterocycles. The Morgan fingerprint density at radius 1 is 1.10 bits per heavy atom. The zero-order chi connectivity index (χ0) is 22.6. The van der Waals surface area contributed by atoms with Crippen molar-refractivity contribution in [3.63, 3.8) is 0 Å². The van der Waals surface area contributed by atoms with Gasteiger partial charge in [0.2, 0.25) is 0 Å². The van der Waals surface area contributed by atoms with Crippen LogP contribution in [0.2, 0.25) is 0 Å². The van der Waals surface area contributed by atoms with Crippen LogP contribution in [0, 0.1) is 0 Å². The third-order valence-corrected chi connectivity index (χ3v) is 6.10. The quantitative estimate of drug-likeness (QED) is 0.308. The molecule has 1 aromatic heterocycles. The maximum Gasteiger partial charge on any atom is 0.337 e. The molecule has 0 N–H and O–H groups in total. The molecule has 0 radical (unpaired) electrons. The van der Waals surface area contributed by atoms with Crippen LogP contribution in [0.25, 0.3) is 10.9 Å². The van der Waals surface area contributed by atoms with Crippen molar-refractivity contribution in [2.75, 3.05) is 20.8 Å². The van der Waals surface area contributed by atoms with Gasteiger partial charge in [0.25, 0.3) is 5.56 Å². The zero-order valence-corrected chi connectivity index (χ0v) is 19.4. The normalized spacial score (nSPS) is 11.6. The van der Waals surface area contributed by atoms with Crippen molar-refractivity contribution in [3.05, 3.63) is 69.5 Å². The average molecular weight is 441 g/mol. The number of hydrogen-bond donors (Lipinski definition) is 0. The van der Waals surface area contributed by atoms with E-state index in [0.29, 0.717) is 40.5 Å². The van der Waals surface area contributed by atoms with Crippen molar-refractivity contribution in [2.24, 2.45) is 0 Å². The lowest BCUT2D eigenvalue weighted by molar-refractivity contribution is 0.0601. The van der Waals surface area contributed by atoms with Gasteiger partial charge in [0.15, 0.2) is 5.16 Å². The molecule has 0 aliphatic rings. The van der Waals surface area contributed by atoms with Gasteiger partial charge < -0.3 is 9.47 Å². The summed E-state index contributed by atoms with van der Waals surface area (Å²) in [4.78, 5) is 29.7. The Hall–Kier alpha value is -2.64. The van der Waals surface area contributed by atoms with E-state index in [9.17, 15) is 9.59 Å². The molecule has 0 fully saturated rings. The topological polar surface area (TPSA) is 70.4 Å². The van der Waals surface area contributed by atoms with E-state index in [0.717, 1.165) is 5.56 Å². The van der Waals surface area contributed by atoms with Gasteiger partial charge >= 0.3 is 5.97 Å². The number of ether oxygens (including phenoxy) is 2. The molecule has 0 bridgehead atoms. The molecule has 3 aromatic rings. The Morgan fingerprint density at radius 2 is 1.81 bits per heavy atom. The third-order valence-electron chi connectivity index (χ3n) is 5.05. The van der Waals surface area contributed by atoms with Crippen LogP contribution in [-0.4, -0.2) is 36.3 Å². The van der Waals surface area contributed by atoms with Crippen LogP contribution < -0.4 is 5.56 Å². The number of carbonyl (C=O) groups is 1. The Bertz CT molecular complexity index is 1130. The Kier molecular flexibility index (Phi) is 7.18. The minimum Gasteiger partial charge on any atom is -0.465 e. The summed E-state index contributed by atoms with van der Waals surface area (Å²) in [5.41, 5.74) is 3.22. The summed E-state index contributed by atoms with van der Waals surface area (Å²) in [5.74, 6) is 0.215. The molecular formula is C24H28N2O4S. The summed E-state index contributed by atoms with van der Waals surface area (Å²) >= 11 is 1.49. The van der Waals surface area contributed by atoms with Crippen LogP contribution in [0.3, 0.4) is 0 Å². The highest BCUT2D eigenvalue weighted by atomic mass is 32.2. The smallest absolute Gasteiger partial charge is 0.337 e. The first-order valence-electron chi connectivity index (χ1n) is 10.1. The number of aromatic nitrogens is 2. The molecule has 0 amide bonds. The van der Waals surface area contributed by atoms with E-state index >= 15 is 0 Å². The van der Waals surface area contributed by atoms with Crippen molar-refractivity contribution in [1.29, 1.82) is 0 Å². The van der Waals surface area contributed by atoms with Gasteiger partial charge in [0.05, 0.1) is 36.7 Å². The molecule has 0 unspecified atom stereocenters. The highest BCUT2D eigenvalue weighted by molar-refractivity contribution is 7.98. The predicted octanol–water partition coefficient (Wildman–Crippen LogP) is 4.42. The molecule has 0 saturated carbocycles. The van der Waals surface area contributed by atoms with E-state index in [-0.39, 0.29) is 11.0 Å². The molecule has 31 heavy (non-hydrogen) atoms. The van der Waals surface area contributed by atoms with Gasteiger partial charge in [0.1, 0.15) is 0 Å². The zero-order valence-electron chi connectivity index (χ0n) is 18.6. The molecule has 3 rings (SSSR count). The summed E-state index contributed by atoms with van der Waals surface area (Å²) < 4.78 is 11.6. The lowest BCUT2D eigenvalue weighted by atomic mass is 9.87. The Labute approximate surface area is 186 Å². The second-order valence-corrected chi connectivity index (χ2v) is 9.25. The van der Waals surface area contributed by atoms with Crippen molar-refractivity contribution in [1.82, 2.24) is 9.55 Å². The van der Waals surface area contributed by atoms with Crippen LogP contribution in [0.15, 0.2) is 52.4 Å². The fraction of sp³-hybridized carbons (Fsp3) is 0.375. The number of benzene rings is 2. The van der Waals surface area contributed by atoms with Gasteiger partial charge in [-0.2, -0.15) is 0 Å².